The second-order valence-electron chi connectivity index (χ2n) is 6.00. The second-order valence-corrected chi connectivity index (χ2v) is 6.00. The molecule has 0 saturated carbocycles. The van der Waals surface area contributed by atoms with Crippen molar-refractivity contribution in [2.24, 2.45) is 5.10 Å². The quantitative estimate of drug-likeness (QED) is 0.794. The van der Waals surface area contributed by atoms with E-state index in [-0.39, 0.29) is 11.6 Å². The summed E-state index contributed by atoms with van der Waals surface area (Å²) < 4.78 is 5.30. The average molecular weight is 347 g/mol. The van der Waals surface area contributed by atoms with Gasteiger partial charge >= 0.3 is 12.1 Å². The number of nitrogens with one attached hydrogen (secondary N) is 1. The van der Waals surface area contributed by atoms with Gasteiger partial charge in [0.2, 0.25) is 5.78 Å². The molecule has 3 rings (SSSR count). The van der Waals surface area contributed by atoms with Gasteiger partial charge in [-0.15, -0.1) is 0 Å². The number of hydrogen-bond acceptors (Lipinski definition) is 6. The Bertz CT molecular complexity index is 828. The molecule has 5 amide bonds. The molecule has 0 spiro atoms. The van der Waals surface area contributed by atoms with Crippen molar-refractivity contribution in [1.82, 2.24) is 20.1 Å². The molecule has 1 N–H and O–H groups in total. The minimum Gasteiger partial charge on any atom is -0.458 e. The Hall–Kier alpha value is -3.17. The Morgan fingerprint density at radius 1 is 1.20 bits per heavy atom. The van der Waals surface area contributed by atoms with E-state index < -0.39 is 35.7 Å². The van der Waals surface area contributed by atoms with Gasteiger partial charge in [0.1, 0.15) is 5.76 Å². The van der Waals surface area contributed by atoms with Crippen LogP contribution in [0.25, 0.3) is 0 Å². The summed E-state index contributed by atoms with van der Waals surface area (Å²) in [5.41, 5.74) is -1.77. The van der Waals surface area contributed by atoms with Gasteiger partial charge in [0.25, 0.3) is 5.91 Å². The van der Waals surface area contributed by atoms with Crippen LogP contribution < -0.4 is 5.32 Å². The van der Waals surface area contributed by atoms with Crippen LogP contribution in [0.5, 0.6) is 0 Å². The van der Waals surface area contributed by atoms with Gasteiger partial charge in [0, 0.05) is 21.1 Å². The first-order valence-corrected chi connectivity index (χ1v) is 7.48. The third-order valence-corrected chi connectivity index (χ3v) is 4.24. The van der Waals surface area contributed by atoms with Crippen molar-refractivity contribution in [2.45, 2.75) is 18.9 Å². The van der Waals surface area contributed by atoms with Crippen molar-refractivity contribution in [3.63, 3.8) is 0 Å². The van der Waals surface area contributed by atoms with Gasteiger partial charge < -0.3 is 9.73 Å². The number of likely N-dealkylation sites (N-methyl/N-ethyl adjacent to an activating group) is 2. The van der Waals surface area contributed by atoms with Crippen LogP contribution in [0.3, 0.4) is 0 Å². The van der Waals surface area contributed by atoms with Gasteiger partial charge in [-0.2, -0.15) is 5.10 Å². The van der Waals surface area contributed by atoms with Crippen molar-refractivity contribution in [3.8, 4) is 0 Å². The second kappa shape index (κ2) is 5.43. The van der Waals surface area contributed by atoms with Crippen LogP contribution in [0.4, 0.5) is 9.59 Å². The Labute approximate surface area is 143 Å². The first-order chi connectivity index (χ1) is 11.7. The summed E-state index contributed by atoms with van der Waals surface area (Å²) in [6.07, 6.45) is -0.418. The summed E-state index contributed by atoms with van der Waals surface area (Å²) in [6, 6.07) is 1.85. The van der Waals surface area contributed by atoms with E-state index in [4.69, 9.17) is 4.42 Å². The molecule has 0 radical (unpaired) electrons. The number of fused-ring (bicyclic) bond motifs is 1. The van der Waals surface area contributed by atoms with Crippen molar-refractivity contribution >= 4 is 29.6 Å². The summed E-state index contributed by atoms with van der Waals surface area (Å²) in [4.78, 5) is 51.8. The number of rotatable bonds is 3. The topological polar surface area (TPSA) is 116 Å². The van der Waals surface area contributed by atoms with Crippen molar-refractivity contribution < 1.29 is 23.6 Å². The lowest BCUT2D eigenvalue weighted by atomic mass is 9.86. The molecule has 1 fully saturated rings. The molecule has 0 bridgehead atoms. The smallest absolute Gasteiger partial charge is 0.338 e. The molecule has 0 aromatic carbocycles. The number of hydrazone groups is 1. The SMILES string of the molecule is Cc1ccc(C(=O)CC23NC(=O)N(C)N=C2N(C)C(=O)N(C)C3=O)o1. The fraction of sp³-hybridized carbons (Fsp3) is 0.400. The zero-order chi connectivity index (χ0) is 18.5. The zero-order valence-corrected chi connectivity index (χ0v) is 14.2. The molecule has 1 unspecified atom stereocenters. The number of amidine groups is 1. The third kappa shape index (κ3) is 2.37. The summed E-state index contributed by atoms with van der Waals surface area (Å²) in [6.45, 7) is 1.69. The number of Topliss-reactive ketones (excluding diaryl/α,β-unsaturated/α-hetero) is 1. The molecule has 0 aliphatic carbocycles. The largest absolute Gasteiger partial charge is 0.458 e. The lowest BCUT2D eigenvalue weighted by Gasteiger charge is -2.46. The number of carbonyl (C=O) groups excluding carboxylic acids is 4. The Morgan fingerprint density at radius 3 is 2.48 bits per heavy atom. The number of urea groups is 2. The highest BCUT2D eigenvalue weighted by Crippen LogP contribution is 2.29. The number of carbonyl (C=O) groups is 4. The highest BCUT2D eigenvalue weighted by molar-refractivity contribution is 6.27. The van der Waals surface area contributed by atoms with E-state index in [1.54, 1.807) is 13.0 Å². The molecule has 10 nitrogen and oxygen atoms in total. The predicted octanol–water partition coefficient (Wildman–Crippen LogP) is 0.392. The van der Waals surface area contributed by atoms with Crippen LogP contribution in [-0.2, 0) is 4.79 Å². The summed E-state index contributed by atoms with van der Waals surface area (Å²) in [5, 5.41) is 7.54. The van der Waals surface area contributed by atoms with Gasteiger partial charge in [-0.1, -0.05) is 0 Å². The van der Waals surface area contributed by atoms with E-state index in [9.17, 15) is 19.2 Å². The Morgan fingerprint density at radius 2 is 1.88 bits per heavy atom. The number of amides is 5. The van der Waals surface area contributed by atoms with E-state index in [0.29, 0.717) is 5.76 Å². The minimum absolute atomic E-state index is 0.0145. The van der Waals surface area contributed by atoms with E-state index in [1.165, 1.54) is 27.2 Å². The fourth-order valence-corrected chi connectivity index (χ4v) is 2.89. The van der Waals surface area contributed by atoms with E-state index >= 15 is 0 Å². The number of imide groups is 1. The number of hydrogen-bond donors (Lipinski definition) is 1. The highest BCUT2D eigenvalue weighted by Gasteiger charge is 2.58. The van der Waals surface area contributed by atoms with Crippen molar-refractivity contribution in [2.75, 3.05) is 21.1 Å². The molecule has 2 aliphatic heterocycles. The Kier molecular flexibility index (Phi) is 3.62. The van der Waals surface area contributed by atoms with Gasteiger partial charge in [-0.3, -0.25) is 19.4 Å². The lowest BCUT2D eigenvalue weighted by Crippen LogP contribution is -2.76. The zero-order valence-electron chi connectivity index (χ0n) is 14.2. The molecular weight excluding hydrogens is 330 g/mol. The predicted molar refractivity (Wildman–Crippen MR) is 84.8 cm³/mol. The molecule has 1 atom stereocenters. The molecule has 3 heterocycles. The fourth-order valence-electron chi connectivity index (χ4n) is 2.89. The van der Waals surface area contributed by atoms with Gasteiger partial charge in [-0.25, -0.2) is 14.6 Å². The van der Waals surface area contributed by atoms with Gasteiger partial charge in [0.05, 0.1) is 6.42 Å². The minimum atomic E-state index is -1.77. The Balaban J connectivity index is 2.08. The van der Waals surface area contributed by atoms with Crippen molar-refractivity contribution in [1.29, 1.82) is 0 Å². The van der Waals surface area contributed by atoms with Crippen LogP contribution in [-0.4, -0.2) is 71.1 Å². The van der Waals surface area contributed by atoms with Crippen molar-refractivity contribution in [3.05, 3.63) is 23.7 Å². The number of furan rings is 1. The van der Waals surface area contributed by atoms with Gasteiger partial charge in [-0.05, 0) is 19.1 Å². The molecule has 1 aromatic rings. The molecular formula is C15H17N5O5. The summed E-state index contributed by atoms with van der Waals surface area (Å²) in [5.74, 6) is -0.627. The van der Waals surface area contributed by atoms with Crippen LogP contribution in [0.1, 0.15) is 22.7 Å². The van der Waals surface area contributed by atoms with Crippen LogP contribution in [0.2, 0.25) is 0 Å². The van der Waals surface area contributed by atoms with Crippen LogP contribution in [0, 0.1) is 6.92 Å². The molecule has 2 aliphatic rings. The standard InChI is InChI=1S/C15H17N5O5/c1-8-5-6-10(25-8)9(21)7-15-11(17-20(4)13(23)16-15)18(2)14(24)19(3)12(15)22/h5-6H,7H2,1-4H3,(H,16,23). The molecule has 10 heteroatoms. The maximum atomic E-state index is 12.8. The first kappa shape index (κ1) is 16.7. The van der Waals surface area contributed by atoms with E-state index in [0.717, 1.165) is 14.8 Å². The van der Waals surface area contributed by atoms with Gasteiger partial charge in [0.15, 0.2) is 17.1 Å². The number of ketones is 1. The van der Waals surface area contributed by atoms with Crippen LogP contribution in [0.15, 0.2) is 21.7 Å². The van der Waals surface area contributed by atoms with E-state index in [1.807, 2.05) is 0 Å². The summed E-state index contributed by atoms with van der Waals surface area (Å²) in [7, 11) is 4.09. The number of aryl methyl sites for hydroxylation is 1. The monoisotopic (exact) mass is 347 g/mol. The molecule has 1 aromatic heterocycles. The maximum Gasteiger partial charge on any atom is 0.338 e. The molecule has 1 saturated heterocycles. The highest BCUT2D eigenvalue weighted by atomic mass is 16.3. The maximum absolute atomic E-state index is 12.8. The third-order valence-electron chi connectivity index (χ3n) is 4.24. The van der Waals surface area contributed by atoms with E-state index in [2.05, 4.69) is 10.4 Å². The first-order valence-electron chi connectivity index (χ1n) is 7.48. The molecule has 25 heavy (non-hydrogen) atoms. The lowest BCUT2D eigenvalue weighted by molar-refractivity contribution is -0.133. The summed E-state index contributed by atoms with van der Waals surface area (Å²) >= 11 is 0. The normalized spacial score (nSPS) is 23.4. The molecule has 132 valence electrons. The average Bonchev–Trinajstić information content (AvgIpc) is 3.00. The van der Waals surface area contributed by atoms with Crippen LogP contribution >= 0.6 is 0 Å². The number of nitrogens with zero attached hydrogens (tertiary/aromatic N) is 4.